The van der Waals surface area contributed by atoms with Crippen molar-refractivity contribution in [2.75, 3.05) is 36.6 Å². The number of nitrogens with one attached hydrogen (secondary N) is 1. The second kappa shape index (κ2) is 13.9. The quantitative estimate of drug-likeness (QED) is 0.253. The highest BCUT2D eigenvalue weighted by Gasteiger charge is 2.36. The highest BCUT2D eigenvalue weighted by molar-refractivity contribution is 6.00. The Morgan fingerprint density at radius 1 is 0.868 bits per heavy atom. The fraction of sp³-hybridized carbons (Fsp3) is 0.393. The van der Waals surface area contributed by atoms with Crippen molar-refractivity contribution in [1.82, 2.24) is 0 Å². The van der Waals surface area contributed by atoms with Gasteiger partial charge >= 0.3 is 17.9 Å². The molecule has 0 bridgehead atoms. The van der Waals surface area contributed by atoms with E-state index in [9.17, 15) is 24.0 Å². The Balaban J connectivity index is 1.46. The van der Waals surface area contributed by atoms with Gasteiger partial charge in [-0.05, 0) is 61.9 Å². The van der Waals surface area contributed by atoms with E-state index in [1.54, 1.807) is 31.2 Å². The first-order chi connectivity index (χ1) is 18.3. The number of esters is 3. The number of benzene rings is 2. The van der Waals surface area contributed by atoms with E-state index >= 15 is 0 Å². The monoisotopic (exact) mass is 524 g/mol. The van der Waals surface area contributed by atoms with Gasteiger partial charge in [0.1, 0.15) is 0 Å². The van der Waals surface area contributed by atoms with Crippen molar-refractivity contribution in [3.05, 3.63) is 59.7 Å². The summed E-state index contributed by atoms with van der Waals surface area (Å²) in [6.45, 7) is 3.99. The Morgan fingerprint density at radius 3 is 2.13 bits per heavy atom. The normalized spacial score (nSPS) is 14.6. The summed E-state index contributed by atoms with van der Waals surface area (Å²) >= 11 is 0. The molecular formula is C28H32N2O8. The highest BCUT2D eigenvalue weighted by Crippen LogP contribution is 2.26. The summed E-state index contributed by atoms with van der Waals surface area (Å²) in [6.07, 6.45) is 2.79. The Labute approximate surface area is 221 Å². The average Bonchev–Trinajstić information content (AvgIpc) is 3.32. The summed E-state index contributed by atoms with van der Waals surface area (Å²) in [5.74, 6) is -3.07. The van der Waals surface area contributed by atoms with Gasteiger partial charge in [-0.25, -0.2) is 9.59 Å². The lowest BCUT2D eigenvalue weighted by atomic mass is 10.1. The lowest BCUT2D eigenvalue weighted by Crippen LogP contribution is -2.28. The number of nitrogens with zero attached hydrogens (tertiary/aromatic N) is 1. The zero-order chi connectivity index (χ0) is 27.5. The van der Waals surface area contributed by atoms with Crippen LogP contribution in [-0.4, -0.2) is 56.1 Å². The molecule has 0 saturated carbocycles. The number of rotatable bonds is 12. The van der Waals surface area contributed by atoms with E-state index in [-0.39, 0.29) is 25.5 Å². The molecule has 0 spiro atoms. The molecule has 2 aromatic carbocycles. The fourth-order valence-corrected chi connectivity index (χ4v) is 3.85. The molecule has 10 nitrogen and oxygen atoms in total. The average molecular weight is 525 g/mol. The fourth-order valence-electron chi connectivity index (χ4n) is 3.85. The van der Waals surface area contributed by atoms with Crippen molar-refractivity contribution in [3.63, 3.8) is 0 Å². The van der Waals surface area contributed by atoms with Crippen LogP contribution < -0.4 is 10.2 Å². The molecule has 10 heteroatoms. The molecule has 38 heavy (non-hydrogen) atoms. The molecule has 1 heterocycles. The molecule has 0 radical (unpaired) electrons. The minimum absolute atomic E-state index is 0.0446. The third-order valence-corrected chi connectivity index (χ3v) is 5.88. The van der Waals surface area contributed by atoms with E-state index in [1.807, 2.05) is 0 Å². The number of carbonyl (C=O) groups is 5. The summed E-state index contributed by atoms with van der Waals surface area (Å²) in [4.78, 5) is 62.5. The zero-order valence-corrected chi connectivity index (χ0v) is 21.6. The van der Waals surface area contributed by atoms with Gasteiger partial charge < -0.3 is 24.4 Å². The minimum Gasteiger partial charge on any atom is -0.462 e. The van der Waals surface area contributed by atoms with Crippen LogP contribution in [0.2, 0.25) is 0 Å². The van der Waals surface area contributed by atoms with Gasteiger partial charge in [0.25, 0.3) is 5.91 Å². The van der Waals surface area contributed by atoms with Crippen molar-refractivity contribution in [2.24, 2.45) is 5.92 Å². The minimum atomic E-state index is -0.720. The molecule has 1 N–H and O–H groups in total. The molecule has 1 aliphatic rings. The predicted octanol–water partition coefficient (Wildman–Crippen LogP) is 3.75. The molecule has 1 fully saturated rings. The smallest absolute Gasteiger partial charge is 0.338 e. The number of hydrogen-bond acceptors (Lipinski definition) is 8. The van der Waals surface area contributed by atoms with Gasteiger partial charge in [0.05, 0.1) is 30.3 Å². The number of ether oxygens (including phenoxy) is 3. The Kier molecular flexibility index (Phi) is 10.4. The largest absolute Gasteiger partial charge is 0.462 e. The van der Waals surface area contributed by atoms with Crippen LogP contribution in [-0.2, 0) is 28.6 Å². The highest BCUT2D eigenvalue weighted by atomic mass is 16.5. The van der Waals surface area contributed by atoms with Gasteiger partial charge in [-0.3, -0.25) is 14.4 Å². The summed E-state index contributed by atoms with van der Waals surface area (Å²) in [5, 5.41) is 2.58. The number of hydrogen-bond donors (Lipinski definition) is 1. The molecular weight excluding hydrogens is 492 g/mol. The second-order valence-corrected chi connectivity index (χ2v) is 8.75. The van der Waals surface area contributed by atoms with E-state index < -0.39 is 36.3 Å². The summed E-state index contributed by atoms with van der Waals surface area (Å²) in [6, 6.07) is 12.5. The molecule has 2 amide bonds. The molecule has 0 aromatic heterocycles. The standard InChI is InChI=1S/C28H32N2O8/c1-3-5-6-15-37-27(34)20-9-13-23(14-10-20)30-17-21(16-25(30)32)28(35)38-18-24(31)29-22-11-7-19(8-12-22)26(33)36-4-2/h7-14,21H,3-6,15-18H2,1-2H3,(H,29,31)/t21-/m1/s1. The van der Waals surface area contributed by atoms with E-state index in [0.717, 1.165) is 19.3 Å². The SMILES string of the molecule is CCCCCOC(=O)c1ccc(N2C[C@H](C(=O)OCC(=O)Nc3ccc(C(=O)OCC)cc3)CC2=O)cc1. The van der Waals surface area contributed by atoms with Gasteiger partial charge in [-0.1, -0.05) is 19.8 Å². The molecule has 3 rings (SSSR count). The summed E-state index contributed by atoms with van der Waals surface area (Å²) < 4.78 is 15.3. The maximum absolute atomic E-state index is 12.5. The van der Waals surface area contributed by atoms with Gasteiger partial charge in [0.15, 0.2) is 6.61 Å². The van der Waals surface area contributed by atoms with Gasteiger partial charge in [-0.15, -0.1) is 0 Å². The van der Waals surface area contributed by atoms with Crippen molar-refractivity contribution in [1.29, 1.82) is 0 Å². The molecule has 1 aliphatic heterocycles. The van der Waals surface area contributed by atoms with Crippen LogP contribution in [0.4, 0.5) is 11.4 Å². The maximum Gasteiger partial charge on any atom is 0.338 e. The number of carbonyl (C=O) groups excluding carboxylic acids is 5. The van der Waals surface area contributed by atoms with Crippen LogP contribution in [0.3, 0.4) is 0 Å². The predicted molar refractivity (Wildman–Crippen MR) is 139 cm³/mol. The number of unbranched alkanes of at least 4 members (excludes halogenated alkanes) is 2. The van der Waals surface area contributed by atoms with Crippen LogP contribution >= 0.6 is 0 Å². The van der Waals surface area contributed by atoms with Crippen molar-refractivity contribution in [2.45, 2.75) is 39.5 Å². The van der Waals surface area contributed by atoms with Crippen LogP contribution in [0.5, 0.6) is 0 Å². The molecule has 1 atom stereocenters. The Morgan fingerprint density at radius 2 is 1.50 bits per heavy atom. The Bertz CT molecular complexity index is 1140. The molecule has 2 aromatic rings. The maximum atomic E-state index is 12.5. The first-order valence-electron chi connectivity index (χ1n) is 12.6. The number of anilines is 2. The second-order valence-electron chi connectivity index (χ2n) is 8.75. The topological polar surface area (TPSA) is 128 Å². The van der Waals surface area contributed by atoms with Crippen LogP contribution in [0.15, 0.2) is 48.5 Å². The van der Waals surface area contributed by atoms with Gasteiger partial charge in [0, 0.05) is 24.3 Å². The van der Waals surface area contributed by atoms with E-state index in [4.69, 9.17) is 14.2 Å². The third-order valence-electron chi connectivity index (χ3n) is 5.88. The van der Waals surface area contributed by atoms with Gasteiger partial charge in [0.2, 0.25) is 5.91 Å². The summed E-state index contributed by atoms with van der Waals surface area (Å²) in [5.41, 5.74) is 1.71. The lowest BCUT2D eigenvalue weighted by molar-refractivity contribution is -0.151. The lowest BCUT2D eigenvalue weighted by Gasteiger charge is -2.17. The van der Waals surface area contributed by atoms with Crippen LogP contribution in [0.1, 0.15) is 60.2 Å². The van der Waals surface area contributed by atoms with E-state index in [1.165, 1.54) is 29.2 Å². The van der Waals surface area contributed by atoms with Crippen LogP contribution in [0, 0.1) is 5.92 Å². The first kappa shape index (κ1) is 28.4. The zero-order valence-electron chi connectivity index (χ0n) is 21.6. The molecule has 1 saturated heterocycles. The van der Waals surface area contributed by atoms with Crippen molar-refractivity contribution >= 4 is 41.1 Å². The number of amides is 2. The molecule has 0 aliphatic carbocycles. The molecule has 202 valence electrons. The van der Waals surface area contributed by atoms with Crippen molar-refractivity contribution in [3.8, 4) is 0 Å². The third kappa shape index (κ3) is 7.89. The first-order valence-corrected chi connectivity index (χ1v) is 12.6. The Hall–Kier alpha value is -4.21. The van der Waals surface area contributed by atoms with Crippen LogP contribution in [0.25, 0.3) is 0 Å². The summed E-state index contributed by atoms with van der Waals surface area (Å²) in [7, 11) is 0. The van der Waals surface area contributed by atoms with Crippen molar-refractivity contribution < 1.29 is 38.2 Å². The van der Waals surface area contributed by atoms with E-state index in [0.29, 0.717) is 29.1 Å². The molecule has 0 unspecified atom stereocenters. The van der Waals surface area contributed by atoms with E-state index in [2.05, 4.69) is 12.2 Å². The van der Waals surface area contributed by atoms with Gasteiger partial charge in [-0.2, -0.15) is 0 Å².